The standard InChI is InChI=1S/C20H22N2O2/c1-14(2)12-18-19(23)22(20(24)21-18)13-15-8-10-17(11-9-15)16-6-4-3-5-7-16/h3-11,14,18H,12-13H2,1-2H3,(H,21,24). The number of imide groups is 1. The van der Waals surface area contributed by atoms with Gasteiger partial charge in [0.05, 0.1) is 6.54 Å². The van der Waals surface area contributed by atoms with Crippen molar-refractivity contribution in [3.05, 3.63) is 60.2 Å². The van der Waals surface area contributed by atoms with E-state index in [1.165, 1.54) is 4.90 Å². The van der Waals surface area contributed by atoms with Crippen LogP contribution >= 0.6 is 0 Å². The highest BCUT2D eigenvalue weighted by atomic mass is 16.2. The molecule has 0 aliphatic carbocycles. The molecule has 1 aliphatic heterocycles. The van der Waals surface area contributed by atoms with Crippen molar-refractivity contribution in [1.82, 2.24) is 10.2 Å². The molecular weight excluding hydrogens is 300 g/mol. The maximum Gasteiger partial charge on any atom is 0.325 e. The van der Waals surface area contributed by atoms with Crippen molar-refractivity contribution in [3.63, 3.8) is 0 Å². The van der Waals surface area contributed by atoms with Gasteiger partial charge in [-0.2, -0.15) is 0 Å². The molecule has 4 nitrogen and oxygen atoms in total. The summed E-state index contributed by atoms with van der Waals surface area (Å²) in [5.41, 5.74) is 3.22. The molecule has 0 spiro atoms. The zero-order chi connectivity index (χ0) is 17.1. The number of nitrogens with one attached hydrogen (secondary N) is 1. The second-order valence-electron chi connectivity index (χ2n) is 6.62. The Balaban J connectivity index is 1.70. The van der Waals surface area contributed by atoms with Gasteiger partial charge in [0.15, 0.2) is 0 Å². The SMILES string of the molecule is CC(C)CC1NC(=O)N(Cc2ccc(-c3ccccc3)cc2)C1=O. The topological polar surface area (TPSA) is 49.4 Å². The summed E-state index contributed by atoms with van der Waals surface area (Å²) in [6.45, 7) is 4.41. The summed E-state index contributed by atoms with van der Waals surface area (Å²) < 4.78 is 0. The van der Waals surface area contributed by atoms with Crippen LogP contribution < -0.4 is 5.32 Å². The van der Waals surface area contributed by atoms with Crippen molar-refractivity contribution >= 4 is 11.9 Å². The quantitative estimate of drug-likeness (QED) is 0.851. The Morgan fingerprint density at radius 1 is 0.958 bits per heavy atom. The van der Waals surface area contributed by atoms with E-state index in [1.807, 2.05) is 56.3 Å². The number of carbonyl (C=O) groups excluding carboxylic acids is 2. The van der Waals surface area contributed by atoms with E-state index in [0.717, 1.165) is 16.7 Å². The maximum absolute atomic E-state index is 12.4. The van der Waals surface area contributed by atoms with E-state index < -0.39 is 0 Å². The maximum atomic E-state index is 12.4. The van der Waals surface area contributed by atoms with Crippen LogP contribution in [0.3, 0.4) is 0 Å². The van der Waals surface area contributed by atoms with Gasteiger partial charge in [-0.05, 0) is 29.0 Å². The zero-order valence-electron chi connectivity index (χ0n) is 14.0. The third-order valence-electron chi connectivity index (χ3n) is 4.22. The molecule has 3 amide bonds. The van der Waals surface area contributed by atoms with E-state index in [9.17, 15) is 9.59 Å². The first-order valence-electron chi connectivity index (χ1n) is 8.31. The molecule has 0 saturated carbocycles. The van der Waals surface area contributed by atoms with Crippen LogP contribution in [0.25, 0.3) is 11.1 Å². The van der Waals surface area contributed by atoms with E-state index in [1.54, 1.807) is 0 Å². The van der Waals surface area contributed by atoms with Gasteiger partial charge in [0.2, 0.25) is 0 Å². The molecule has 3 rings (SSSR count). The van der Waals surface area contributed by atoms with Crippen LogP contribution in [0.15, 0.2) is 54.6 Å². The lowest BCUT2D eigenvalue weighted by atomic mass is 10.0. The largest absolute Gasteiger partial charge is 0.326 e. The Morgan fingerprint density at radius 3 is 2.21 bits per heavy atom. The van der Waals surface area contributed by atoms with Crippen LogP contribution in [0, 0.1) is 5.92 Å². The normalized spacial score (nSPS) is 17.5. The number of carbonyl (C=O) groups is 2. The van der Waals surface area contributed by atoms with Crippen molar-refractivity contribution in [3.8, 4) is 11.1 Å². The fourth-order valence-corrected chi connectivity index (χ4v) is 2.97. The number of nitrogens with zero attached hydrogens (tertiary/aromatic N) is 1. The van der Waals surface area contributed by atoms with E-state index in [0.29, 0.717) is 18.9 Å². The molecule has 1 unspecified atom stereocenters. The van der Waals surface area contributed by atoms with Gasteiger partial charge < -0.3 is 5.32 Å². The zero-order valence-corrected chi connectivity index (χ0v) is 14.0. The number of benzene rings is 2. The van der Waals surface area contributed by atoms with Crippen LogP contribution in [-0.2, 0) is 11.3 Å². The third kappa shape index (κ3) is 3.48. The van der Waals surface area contributed by atoms with Gasteiger partial charge in [0, 0.05) is 0 Å². The second-order valence-corrected chi connectivity index (χ2v) is 6.62. The van der Waals surface area contributed by atoms with Gasteiger partial charge in [-0.3, -0.25) is 9.69 Å². The first-order chi connectivity index (χ1) is 11.5. The van der Waals surface area contributed by atoms with E-state index in [4.69, 9.17) is 0 Å². The van der Waals surface area contributed by atoms with Gasteiger partial charge >= 0.3 is 6.03 Å². The molecule has 1 N–H and O–H groups in total. The Kier molecular flexibility index (Phi) is 4.65. The Hall–Kier alpha value is -2.62. The molecule has 0 bridgehead atoms. The summed E-state index contributed by atoms with van der Waals surface area (Å²) in [5.74, 6) is 0.241. The number of amides is 3. The molecule has 4 heteroatoms. The average Bonchev–Trinajstić information content (AvgIpc) is 2.83. The summed E-state index contributed by atoms with van der Waals surface area (Å²) in [5, 5.41) is 2.78. The molecule has 124 valence electrons. The molecule has 1 heterocycles. The molecule has 0 radical (unpaired) electrons. The predicted octanol–water partition coefficient (Wildman–Crippen LogP) is 3.82. The van der Waals surface area contributed by atoms with Gasteiger partial charge in [-0.25, -0.2) is 4.79 Å². The van der Waals surface area contributed by atoms with Gasteiger partial charge in [-0.1, -0.05) is 68.4 Å². The Morgan fingerprint density at radius 2 is 1.58 bits per heavy atom. The van der Waals surface area contributed by atoms with Crippen molar-refractivity contribution < 1.29 is 9.59 Å². The minimum atomic E-state index is -0.388. The lowest BCUT2D eigenvalue weighted by Crippen LogP contribution is -2.31. The van der Waals surface area contributed by atoms with Crippen LogP contribution in [0.2, 0.25) is 0 Å². The second kappa shape index (κ2) is 6.87. The smallest absolute Gasteiger partial charge is 0.325 e. The third-order valence-corrected chi connectivity index (χ3v) is 4.22. The van der Waals surface area contributed by atoms with Crippen molar-refractivity contribution in [2.24, 2.45) is 5.92 Å². The number of urea groups is 1. The van der Waals surface area contributed by atoms with Gasteiger partial charge in [0.25, 0.3) is 5.91 Å². The van der Waals surface area contributed by atoms with E-state index in [2.05, 4.69) is 17.4 Å². The van der Waals surface area contributed by atoms with Crippen LogP contribution in [-0.4, -0.2) is 22.9 Å². The van der Waals surface area contributed by atoms with Crippen molar-refractivity contribution in [1.29, 1.82) is 0 Å². The molecule has 2 aromatic rings. The average molecular weight is 322 g/mol. The summed E-state index contributed by atoms with van der Waals surface area (Å²) in [7, 11) is 0. The minimum absolute atomic E-state index is 0.124. The highest BCUT2D eigenvalue weighted by molar-refractivity contribution is 6.04. The lowest BCUT2D eigenvalue weighted by molar-refractivity contribution is -0.128. The molecule has 1 atom stereocenters. The van der Waals surface area contributed by atoms with E-state index >= 15 is 0 Å². The number of hydrogen-bond acceptors (Lipinski definition) is 2. The number of rotatable bonds is 5. The fourth-order valence-electron chi connectivity index (χ4n) is 2.97. The monoisotopic (exact) mass is 322 g/mol. The summed E-state index contributed by atoms with van der Waals surface area (Å²) in [6, 6.07) is 17.4. The predicted molar refractivity (Wildman–Crippen MR) is 94.2 cm³/mol. The van der Waals surface area contributed by atoms with Crippen LogP contribution in [0.4, 0.5) is 4.79 Å². The first kappa shape index (κ1) is 16.2. The van der Waals surface area contributed by atoms with Crippen LogP contribution in [0.5, 0.6) is 0 Å². The van der Waals surface area contributed by atoms with Crippen molar-refractivity contribution in [2.45, 2.75) is 32.9 Å². The molecular formula is C20H22N2O2. The van der Waals surface area contributed by atoms with Crippen LogP contribution in [0.1, 0.15) is 25.8 Å². The molecule has 24 heavy (non-hydrogen) atoms. The van der Waals surface area contributed by atoms with Gasteiger partial charge in [0.1, 0.15) is 6.04 Å². The molecule has 1 fully saturated rings. The summed E-state index contributed by atoms with van der Waals surface area (Å²) in [6.07, 6.45) is 0.675. The fraction of sp³-hybridized carbons (Fsp3) is 0.300. The summed E-state index contributed by atoms with van der Waals surface area (Å²) in [4.78, 5) is 25.8. The molecule has 2 aromatic carbocycles. The van der Waals surface area contributed by atoms with Crippen molar-refractivity contribution in [2.75, 3.05) is 0 Å². The molecule has 0 aromatic heterocycles. The Bertz CT molecular complexity index is 723. The van der Waals surface area contributed by atoms with E-state index in [-0.39, 0.29) is 18.0 Å². The number of hydrogen-bond donors (Lipinski definition) is 1. The van der Waals surface area contributed by atoms with Gasteiger partial charge in [-0.15, -0.1) is 0 Å². The molecule has 1 saturated heterocycles. The first-order valence-corrected chi connectivity index (χ1v) is 8.31. The highest BCUT2D eigenvalue weighted by Gasteiger charge is 2.37. The lowest BCUT2D eigenvalue weighted by Gasteiger charge is -2.14. The Labute approximate surface area is 142 Å². The minimum Gasteiger partial charge on any atom is -0.326 e. The highest BCUT2D eigenvalue weighted by Crippen LogP contribution is 2.21. The summed E-state index contributed by atoms with van der Waals surface area (Å²) >= 11 is 0. The molecule has 1 aliphatic rings.